The van der Waals surface area contributed by atoms with Crippen molar-refractivity contribution in [1.82, 2.24) is 10.6 Å². The molecule has 3 amide bonds. The van der Waals surface area contributed by atoms with Gasteiger partial charge in [0.1, 0.15) is 0 Å². The summed E-state index contributed by atoms with van der Waals surface area (Å²) in [5.41, 5.74) is 5.84. The molecular weight excluding hydrogens is 254 g/mol. The van der Waals surface area contributed by atoms with Gasteiger partial charge in [-0.15, -0.1) is 0 Å². The fourth-order valence-corrected chi connectivity index (χ4v) is 1.75. The summed E-state index contributed by atoms with van der Waals surface area (Å²) in [7, 11) is 0. The Bertz CT molecular complexity index is 451. The zero-order chi connectivity index (χ0) is 13.7. The summed E-state index contributed by atoms with van der Waals surface area (Å²) in [6.07, 6.45) is 0. The van der Waals surface area contributed by atoms with Gasteiger partial charge in [0.25, 0.3) is 0 Å². The van der Waals surface area contributed by atoms with Crippen molar-refractivity contribution in [2.24, 2.45) is 5.73 Å². The van der Waals surface area contributed by atoms with E-state index in [0.717, 1.165) is 5.56 Å². The Morgan fingerprint density at radius 3 is 2.56 bits per heavy atom. The van der Waals surface area contributed by atoms with Gasteiger partial charge in [0.2, 0.25) is 5.91 Å². The highest BCUT2D eigenvalue weighted by Gasteiger charge is 2.17. The maximum Gasteiger partial charge on any atom is 0.318 e. The number of urea groups is 1. The van der Waals surface area contributed by atoms with Gasteiger partial charge in [0, 0.05) is 11.1 Å². The van der Waals surface area contributed by atoms with Crippen LogP contribution in [0.15, 0.2) is 24.3 Å². The first-order chi connectivity index (χ1) is 8.40. The van der Waals surface area contributed by atoms with Crippen molar-refractivity contribution in [3.8, 4) is 0 Å². The highest BCUT2D eigenvalue weighted by atomic mass is 35.5. The number of imide groups is 1. The molecule has 98 valence electrons. The van der Waals surface area contributed by atoms with Gasteiger partial charge >= 0.3 is 6.03 Å². The second-order valence-corrected chi connectivity index (χ2v) is 4.45. The molecule has 18 heavy (non-hydrogen) atoms. The number of hydrogen-bond acceptors (Lipinski definition) is 3. The fourth-order valence-electron chi connectivity index (χ4n) is 1.55. The van der Waals surface area contributed by atoms with Gasteiger partial charge in [0.05, 0.1) is 6.04 Å². The fraction of sp³-hybridized carbons (Fsp3) is 0.333. The monoisotopic (exact) mass is 269 g/mol. The Morgan fingerprint density at radius 1 is 1.33 bits per heavy atom. The normalized spacial score (nSPS) is 13.7. The SMILES string of the molecule is CC(N[C@@H](C)c1cccc(Cl)c1)C(=O)NC(N)=O. The standard InChI is InChI=1S/C12H16ClN3O2/c1-7(9-4-3-5-10(13)6-9)15-8(2)11(17)16-12(14)18/h3-8,15H,1-2H3,(H3,14,16,17,18)/t7-,8?/m0/s1. The van der Waals surface area contributed by atoms with Crippen molar-refractivity contribution in [2.75, 3.05) is 0 Å². The van der Waals surface area contributed by atoms with Crippen LogP contribution >= 0.6 is 11.6 Å². The van der Waals surface area contributed by atoms with E-state index in [4.69, 9.17) is 17.3 Å². The predicted octanol–water partition coefficient (Wildman–Crippen LogP) is 1.57. The van der Waals surface area contributed by atoms with Crippen LogP contribution in [0, 0.1) is 0 Å². The van der Waals surface area contributed by atoms with Crippen LogP contribution in [-0.4, -0.2) is 18.0 Å². The molecule has 2 atom stereocenters. The van der Waals surface area contributed by atoms with Crippen molar-refractivity contribution in [3.05, 3.63) is 34.9 Å². The molecule has 0 fully saturated rings. The molecule has 5 nitrogen and oxygen atoms in total. The lowest BCUT2D eigenvalue weighted by Crippen LogP contribution is -2.47. The number of rotatable bonds is 4. The van der Waals surface area contributed by atoms with Crippen LogP contribution in [-0.2, 0) is 4.79 Å². The molecule has 0 aliphatic rings. The predicted molar refractivity (Wildman–Crippen MR) is 70.2 cm³/mol. The summed E-state index contributed by atoms with van der Waals surface area (Å²) in [5, 5.41) is 5.71. The topological polar surface area (TPSA) is 84.2 Å². The lowest BCUT2D eigenvalue weighted by Gasteiger charge is -2.19. The number of benzene rings is 1. The Labute approximate surface area is 111 Å². The van der Waals surface area contributed by atoms with Crippen LogP contribution in [0.3, 0.4) is 0 Å². The first-order valence-corrected chi connectivity index (χ1v) is 5.89. The molecule has 6 heteroatoms. The van der Waals surface area contributed by atoms with Crippen LogP contribution in [0.4, 0.5) is 4.79 Å². The Morgan fingerprint density at radius 2 is 2.00 bits per heavy atom. The van der Waals surface area contributed by atoms with E-state index >= 15 is 0 Å². The largest absolute Gasteiger partial charge is 0.351 e. The lowest BCUT2D eigenvalue weighted by atomic mass is 10.1. The zero-order valence-electron chi connectivity index (χ0n) is 10.2. The third-order valence-electron chi connectivity index (χ3n) is 2.49. The molecule has 0 saturated carbocycles. The number of carbonyl (C=O) groups is 2. The third kappa shape index (κ3) is 4.35. The minimum Gasteiger partial charge on any atom is -0.351 e. The minimum absolute atomic E-state index is 0.0719. The van der Waals surface area contributed by atoms with E-state index in [1.807, 2.05) is 30.4 Å². The number of amides is 3. The number of primary amides is 1. The van der Waals surface area contributed by atoms with E-state index in [0.29, 0.717) is 5.02 Å². The van der Waals surface area contributed by atoms with Crippen LogP contribution in [0.25, 0.3) is 0 Å². The van der Waals surface area contributed by atoms with E-state index in [1.54, 1.807) is 13.0 Å². The summed E-state index contributed by atoms with van der Waals surface area (Å²) in [6, 6.07) is 5.87. The molecule has 0 aromatic heterocycles. The van der Waals surface area contributed by atoms with Gasteiger partial charge in [0.15, 0.2) is 0 Å². The number of hydrogen-bond donors (Lipinski definition) is 3. The second-order valence-electron chi connectivity index (χ2n) is 4.02. The summed E-state index contributed by atoms with van der Waals surface area (Å²) >= 11 is 5.89. The number of nitrogens with one attached hydrogen (secondary N) is 2. The van der Waals surface area contributed by atoms with E-state index in [1.165, 1.54) is 0 Å². The molecule has 4 N–H and O–H groups in total. The smallest absolute Gasteiger partial charge is 0.318 e. The Kier molecular flexibility index (Phi) is 5.12. The third-order valence-corrected chi connectivity index (χ3v) is 2.72. The quantitative estimate of drug-likeness (QED) is 0.776. The van der Waals surface area contributed by atoms with Crippen molar-refractivity contribution in [3.63, 3.8) is 0 Å². The maximum atomic E-state index is 11.5. The average Bonchev–Trinajstić information content (AvgIpc) is 2.27. The molecule has 0 aliphatic heterocycles. The summed E-state index contributed by atoms with van der Waals surface area (Å²) in [5.74, 6) is -0.462. The summed E-state index contributed by atoms with van der Waals surface area (Å²) < 4.78 is 0. The zero-order valence-corrected chi connectivity index (χ0v) is 11.0. The van der Waals surface area contributed by atoms with Crippen molar-refractivity contribution < 1.29 is 9.59 Å². The van der Waals surface area contributed by atoms with E-state index in [2.05, 4.69) is 5.32 Å². The molecule has 1 aromatic rings. The van der Waals surface area contributed by atoms with Crippen LogP contribution in [0.1, 0.15) is 25.5 Å². The molecule has 0 aliphatic carbocycles. The summed E-state index contributed by atoms with van der Waals surface area (Å²) in [6.45, 7) is 3.55. The van der Waals surface area contributed by atoms with E-state index in [9.17, 15) is 9.59 Å². The second kappa shape index (κ2) is 6.37. The molecule has 0 radical (unpaired) electrons. The van der Waals surface area contributed by atoms with Gasteiger partial charge in [-0.1, -0.05) is 23.7 Å². The van der Waals surface area contributed by atoms with Gasteiger partial charge in [-0.2, -0.15) is 0 Å². The van der Waals surface area contributed by atoms with Gasteiger partial charge < -0.3 is 5.73 Å². The maximum absolute atomic E-state index is 11.5. The lowest BCUT2D eigenvalue weighted by molar-refractivity contribution is -0.121. The van der Waals surface area contributed by atoms with Gasteiger partial charge in [-0.3, -0.25) is 15.4 Å². The van der Waals surface area contributed by atoms with E-state index in [-0.39, 0.29) is 6.04 Å². The molecule has 0 spiro atoms. The summed E-state index contributed by atoms with van der Waals surface area (Å²) in [4.78, 5) is 22.0. The molecule has 1 unspecified atom stereocenters. The van der Waals surface area contributed by atoms with Crippen molar-refractivity contribution in [2.45, 2.75) is 25.9 Å². The molecule has 0 bridgehead atoms. The molecule has 1 aromatic carbocycles. The number of nitrogens with two attached hydrogens (primary N) is 1. The van der Waals surface area contributed by atoms with Gasteiger partial charge in [-0.05, 0) is 31.5 Å². The van der Waals surface area contributed by atoms with Gasteiger partial charge in [-0.25, -0.2) is 4.79 Å². The minimum atomic E-state index is -0.857. The molecule has 0 saturated heterocycles. The Hall–Kier alpha value is -1.59. The van der Waals surface area contributed by atoms with Crippen LogP contribution < -0.4 is 16.4 Å². The van der Waals surface area contributed by atoms with Crippen molar-refractivity contribution in [1.29, 1.82) is 0 Å². The average molecular weight is 270 g/mol. The highest BCUT2D eigenvalue weighted by Crippen LogP contribution is 2.17. The highest BCUT2D eigenvalue weighted by molar-refractivity contribution is 6.30. The number of carbonyl (C=O) groups excluding carboxylic acids is 2. The molecule has 1 rings (SSSR count). The van der Waals surface area contributed by atoms with Crippen LogP contribution in [0.2, 0.25) is 5.02 Å². The first-order valence-electron chi connectivity index (χ1n) is 5.52. The first kappa shape index (κ1) is 14.5. The molecule has 0 heterocycles. The van der Waals surface area contributed by atoms with E-state index < -0.39 is 18.0 Å². The molecular formula is C12H16ClN3O2. The Balaban J connectivity index is 2.61. The number of halogens is 1. The van der Waals surface area contributed by atoms with Crippen molar-refractivity contribution >= 4 is 23.5 Å². The van der Waals surface area contributed by atoms with Crippen LogP contribution in [0.5, 0.6) is 0 Å².